The minimum Gasteiger partial charge on any atom is -0.349 e. The average molecular weight is 379 g/mol. The lowest BCUT2D eigenvalue weighted by Gasteiger charge is -2.16. The van der Waals surface area contributed by atoms with Crippen LogP contribution in [0.4, 0.5) is 5.69 Å². The molecule has 1 amide bonds. The van der Waals surface area contributed by atoms with Crippen LogP contribution < -0.4 is 5.32 Å². The van der Waals surface area contributed by atoms with E-state index in [0.29, 0.717) is 5.02 Å². The van der Waals surface area contributed by atoms with Crippen LogP contribution in [0.15, 0.2) is 48.5 Å². The Balaban J connectivity index is 1.89. The standard InChI is InChI=1S/C18H19ClN2O3S/c1-12(14-5-3-7-16(19)9-14)20-18(22)11-25-13(2)15-6-4-8-17(10-15)21(23)24/h3-10,12-13H,11H2,1-2H3,(H,20,22)/t12-,13+/m0/s1. The van der Waals surface area contributed by atoms with Gasteiger partial charge in [-0.05, 0) is 37.1 Å². The molecule has 0 aliphatic rings. The van der Waals surface area contributed by atoms with Crippen molar-refractivity contribution < 1.29 is 9.72 Å². The zero-order valence-corrected chi connectivity index (χ0v) is 15.5. The fraction of sp³-hybridized carbons (Fsp3) is 0.278. The summed E-state index contributed by atoms with van der Waals surface area (Å²) in [6.45, 7) is 3.83. The molecule has 0 aromatic heterocycles. The Bertz CT molecular complexity index is 769. The minimum absolute atomic E-state index is 0.0212. The van der Waals surface area contributed by atoms with Crippen LogP contribution in [0, 0.1) is 10.1 Å². The molecule has 2 atom stereocenters. The molecule has 0 unspecified atom stereocenters. The number of nitro groups is 1. The minimum atomic E-state index is -0.416. The molecule has 2 aromatic rings. The Morgan fingerprint density at radius 3 is 2.56 bits per heavy atom. The highest BCUT2D eigenvalue weighted by atomic mass is 35.5. The maximum absolute atomic E-state index is 12.1. The zero-order valence-electron chi connectivity index (χ0n) is 13.9. The Labute approximate surface area is 155 Å². The number of halogens is 1. The first kappa shape index (κ1) is 19.3. The average Bonchev–Trinajstić information content (AvgIpc) is 2.59. The number of carbonyl (C=O) groups excluding carboxylic acids is 1. The van der Waals surface area contributed by atoms with Crippen molar-refractivity contribution in [3.8, 4) is 0 Å². The van der Waals surface area contributed by atoms with Gasteiger partial charge in [0.2, 0.25) is 5.91 Å². The highest BCUT2D eigenvalue weighted by Crippen LogP contribution is 2.30. The van der Waals surface area contributed by atoms with Crippen molar-refractivity contribution in [3.05, 3.63) is 74.8 Å². The number of rotatable bonds is 7. The summed E-state index contributed by atoms with van der Waals surface area (Å²) in [7, 11) is 0. The SMILES string of the molecule is C[C@H](NC(=O)CS[C@H](C)c1cccc([N+](=O)[O-])c1)c1cccc(Cl)c1. The van der Waals surface area contributed by atoms with Crippen molar-refractivity contribution in [2.24, 2.45) is 0 Å². The number of hydrogen-bond acceptors (Lipinski definition) is 4. The number of thioether (sulfide) groups is 1. The smallest absolute Gasteiger partial charge is 0.269 e. The summed E-state index contributed by atoms with van der Waals surface area (Å²) in [6, 6.07) is 13.7. The van der Waals surface area contributed by atoms with Crippen LogP contribution in [-0.4, -0.2) is 16.6 Å². The number of benzene rings is 2. The number of amides is 1. The molecule has 0 fully saturated rings. The molecule has 0 heterocycles. The van der Waals surface area contributed by atoms with E-state index < -0.39 is 4.92 Å². The molecule has 2 aromatic carbocycles. The Morgan fingerprint density at radius 1 is 1.20 bits per heavy atom. The van der Waals surface area contributed by atoms with Gasteiger partial charge in [-0.15, -0.1) is 11.8 Å². The fourth-order valence-corrected chi connectivity index (χ4v) is 3.35. The molecule has 2 rings (SSSR count). The summed E-state index contributed by atoms with van der Waals surface area (Å²) in [4.78, 5) is 22.6. The highest BCUT2D eigenvalue weighted by Gasteiger charge is 2.15. The number of nitro benzene ring substituents is 1. The van der Waals surface area contributed by atoms with Gasteiger partial charge in [-0.1, -0.05) is 35.9 Å². The number of hydrogen-bond donors (Lipinski definition) is 1. The van der Waals surface area contributed by atoms with E-state index >= 15 is 0 Å². The topological polar surface area (TPSA) is 72.2 Å². The van der Waals surface area contributed by atoms with Gasteiger partial charge in [0.15, 0.2) is 0 Å². The maximum Gasteiger partial charge on any atom is 0.269 e. The van der Waals surface area contributed by atoms with Crippen LogP contribution in [0.3, 0.4) is 0 Å². The van der Waals surface area contributed by atoms with Crippen molar-refractivity contribution in [1.29, 1.82) is 0 Å². The van der Waals surface area contributed by atoms with Crippen LogP contribution in [0.1, 0.15) is 36.3 Å². The van der Waals surface area contributed by atoms with E-state index in [9.17, 15) is 14.9 Å². The van der Waals surface area contributed by atoms with Crippen LogP contribution in [0.2, 0.25) is 5.02 Å². The van der Waals surface area contributed by atoms with E-state index in [4.69, 9.17) is 11.6 Å². The van der Waals surface area contributed by atoms with Gasteiger partial charge in [-0.3, -0.25) is 14.9 Å². The first-order valence-electron chi connectivity index (χ1n) is 7.77. The second-order valence-corrected chi connectivity index (χ2v) is 7.42. The number of nitrogens with one attached hydrogen (secondary N) is 1. The Morgan fingerprint density at radius 2 is 1.88 bits per heavy atom. The lowest BCUT2D eigenvalue weighted by atomic mass is 10.1. The van der Waals surface area contributed by atoms with Gasteiger partial charge in [0.05, 0.1) is 16.7 Å². The molecule has 0 radical (unpaired) electrons. The second kappa shape index (κ2) is 8.87. The predicted octanol–water partition coefficient (Wildman–Crippen LogP) is 4.92. The van der Waals surface area contributed by atoms with Gasteiger partial charge >= 0.3 is 0 Å². The number of nitrogens with zero attached hydrogens (tertiary/aromatic N) is 1. The largest absolute Gasteiger partial charge is 0.349 e. The summed E-state index contributed by atoms with van der Waals surface area (Å²) in [5.74, 6) is 0.184. The van der Waals surface area contributed by atoms with Gasteiger partial charge in [-0.2, -0.15) is 0 Å². The number of carbonyl (C=O) groups is 1. The van der Waals surface area contributed by atoms with Gasteiger partial charge < -0.3 is 5.32 Å². The Hall–Kier alpha value is -2.05. The third-order valence-electron chi connectivity index (χ3n) is 3.74. The summed E-state index contributed by atoms with van der Waals surface area (Å²) in [5, 5.41) is 14.4. The molecular formula is C18H19ClN2O3S. The van der Waals surface area contributed by atoms with Gasteiger partial charge in [0, 0.05) is 22.4 Å². The summed E-state index contributed by atoms with van der Waals surface area (Å²) >= 11 is 7.40. The summed E-state index contributed by atoms with van der Waals surface area (Å²) < 4.78 is 0. The fourth-order valence-electron chi connectivity index (χ4n) is 2.33. The molecule has 0 spiro atoms. The molecule has 0 bridgehead atoms. The summed E-state index contributed by atoms with van der Waals surface area (Å²) in [6.07, 6.45) is 0. The molecule has 25 heavy (non-hydrogen) atoms. The third kappa shape index (κ3) is 5.76. The number of non-ortho nitro benzene ring substituents is 1. The van der Waals surface area contributed by atoms with Crippen LogP contribution in [0.5, 0.6) is 0 Å². The van der Waals surface area contributed by atoms with Crippen molar-refractivity contribution >= 4 is 35.0 Å². The maximum atomic E-state index is 12.1. The molecule has 0 aliphatic carbocycles. The molecule has 132 valence electrons. The molecule has 1 N–H and O–H groups in total. The monoisotopic (exact) mass is 378 g/mol. The van der Waals surface area contributed by atoms with E-state index in [1.54, 1.807) is 18.2 Å². The predicted molar refractivity (Wildman–Crippen MR) is 102 cm³/mol. The van der Waals surface area contributed by atoms with E-state index in [0.717, 1.165) is 11.1 Å². The third-order valence-corrected chi connectivity index (χ3v) is 5.18. The first-order valence-corrected chi connectivity index (χ1v) is 9.20. The molecule has 0 saturated carbocycles. The lowest BCUT2D eigenvalue weighted by Crippen LogP contribution is -2.28. The molecule has 0 saturated heterocycles. The van der Waals surface area contributed by atoms with Crippen LogP contribution >= 0.6 is 23.4 Å². The van der Waals surface area contributed by atoms with Gasteiger partial charge in [0.1, 0.15) is 0 Å². The lowest BCUT2D eigenvalue weighted by molar-refractivity contribution is -0.384. The molecule has 0 aliphatic heterocycles. The van der Waals surface area contributed by atoms with Crippen molar-refractivity contribution in [2.45, 2.75) is 25.1 Å². The van der Waals surface area contributed by atoms with Crippen molar-refractivity contribution in [1.82, 2.24) is 5.32 Å². The van der Waals surface area contributed by atoms with E-state index in [-0.39, 0.29) is 28.6 Å². The van der Waals surface area contributed by atoms with E-state index in [1.807, 2.05) is 38.1 Å². The van der Waals surface area contributed by atoms with Crippen LogP contribution in [0.25, 0.3) is 0 Å². The molecule has 5 nitrogen and oxygen atoms in total. The Kier molecular flexibility index (Phi) is 6.84. The summed E-state index contributed by atoms with van der Waals surface area (Å²) in [5.41, 5.74) is 1.83. The van der Waals surface area contributed by atoms with E-state index in [1.165, 1.54) is 17.8 Å². The first-order chi connectivity index (χ1) is 11.9. The van der Waals surface area contributed by atoms with Gasteiger partial charge in [-0.25, -0.2) is 0 Å². The molecule has 7 heteroatoms. The quantitative estimate of drug-likeness (QED) is 0.548. The van der Waals surface area contributed by atoms with Crippen LogP contribution in [-0.2, 0) is 4.79 Å². The van der Waals surface area contributed by atoms with Gasteiger partial charge in [0.25, 0.3) is 5.69 Å². The van der Waals surface area contributed by atoms with E-state index in [2.05, 4.69) is 5.32 Å². The molecular weight excluding hydrogens is 360 g/mol. The van der Waals surface area contributed by atoms with Crippen molar-refractivity contribution in [2.75, 3.05) is 5.75 Å². The highest BCUT2D eigenvalue weighted by molar-refractivity contribution is 8.00. The zero-order chi connectivity index (χ0) is 18.4. The normalized spacial score (nSPS) is 13.1. The van der Waals surface area contributed by atoms with Crippen molar-refractivity contribution in [3.63, 3.8) is 0 Å². The second-order valence-electron chi connectivity index (χ2n) is 5.65.